The number of rotatable bonds is 10. The van der Waals surface area contributed by atoms with E-state index in [2.05, 4.69) is 15.6 Å². The number of ether oxygens (including phenoxy) is 1. The van der Waals surface area contributed by atoms with Crippen molar-refractivity contribution < 1.29 is 19.4 Å². The molecule has 0 saturated carbocycles. The summed E-state index contributed by atoms with van der Waals surface area (Å²) in [6, 6.07) is 7.12. The third kappa shape index (κ3) is 7.77. The number of amides is 2. The first-order valence-corrected chi connectivity index (χ1v) is 10.2. The molecule has 2 aromatic rings. The fraction of sp³-hybridized carbons (Fsp3) is 0.545. The average Bonchev–Trinajstić information content (AvgIpc) is 3.05. The summed E-state index contributed by atoms with van der Waals surface area (Å²) in [6.45, 7) is 6.08. The number of fused-ring (bicyclic) bond motifs is 1. The average molecular weight is 404 g/mol. The summed E-state index contributed by atoms with van der Waals surface area (Å²) in [4.78, 5) is 28.2. The molecule has 29 heavy (non-hydrogen) atoms. The Labute approximate surface area is 172 Å². The first-order chi connectivity index (χ1) is 13.8. The minimum Gasteiger partial charge on any atom is -0.444 e. The van der Waals surface area contributed by atoms with Gasteiger partial charge in [-0.2, -0.15) is 0 Å². The Morgan fingerprint density at radius 1 is 1.14 bits per heavy atom. The van der Waals surface area contributed by atoms with Crippen LogP contribution in [0.3, 0.4) is 0 Å². The Morgan fingerprint density at radius 2 is 1.86 bits per heavy atom. The number of hydrogen-bond donors (Lipinski definition) is 4. The maximum atomic E-state index is 12.8. The standard InChI is InChI=1S/C22H33N3O4/c1-22(2,3)29-21(28)25-19(20(27)23-12-8-4-5-9-13-26)14-16-15-24-18-11-7-6-10-17(16)18/h6-7,10-11,15,19,24,26H,4-5,8-9,12-14H2,1-3H3,(H,23,27)(H,25,28)/t19-/m0/s1. The first kappa shape index (κ1) is 22.7. The van der Waals surface area contributed by atoms with Crippen molar-refractivity contribution in [2.45, 2.75) is 64.5 Å². The molecule has 0 aliphatic heterocycles. The Morgan fingerprint density at radius 3 is 2.59 bits per heavy atom. The van der Waals surface area contributed by atoms with Crippen molar-refractivity contribution in [3.63, 3.8) is 0 Å². The minimum absolute atomic E-state index is 0.193. The summed E-state index contributed by atoms with van der Waals surface area (Å²) >= 11 is 0. The Kier molecular flexibility index (Phi) is 8.51. The zero-order chi connectivity index (χ0) is 21.3. The second kappa shape index (κ2) is 10.9. The highest BCUT2D eigenvalue weighted by molar-refractivity contribution is 5.88. The van der Waals surface area contributed by atoms with E-state index in [-0.39, 0.29) is 12.5 Å². The van der Waals surface area contributed by atoms with Crippen LogP contribution >= 0.6 is 0 Å². The number of benzene rings is 1. The monoisotopic (exact) mass is 403 g/mol. The smallest absolute Gasteiger partial charge is 0.408 e. The molecule has 2 rings (SSSR count). The third-order valence-corrected chi connectivity index (χ3v) is 4.49. The Balaban J connectivity index is 2.02. The van der Waals surface area contributed by atoms with Crippen LogP contribution in [0.15, 0.2) is 30.5 Å². The van der Waals surface area contributed by atoms with Crippen LogP contribution in [0.4, 0.5) is 4.79 Å². The predicted molar refractivity (Wildman–Crippen MR) is 114 cm³/mol. The van der Waals surface area contributed by atoms with Crippen molar-refractivity contribution in [3.8, 4) is 0 Å². The van der Waals surface area contributed by atoms with Gasteiger partial charge in [-0.15, -0.1) is 0 Å². The van der Waals surface area contributed by atoms with Gasteiger partial charge in [-0.3, -0.25) is 4.79 Å². The molecule has 0 fully saturated rings. The molecular weight excluding hydrogens is 370 g/mol. The van der Waals surface area contributed by atoms with E-state index >= 15 is 0 Å². The maximum Gasteiger partial charge on any atom is 0.408 e. The zero-order valence-electron chi connectivity index (χ0n) is 17.6. The van der Waals surface area contributed by atoms with Crippen LogP contribution in [-0.4, -0.2) is 46.9 Å². The number of aliphatic hydroxyl groups is 1. The molecule has 7 heteroatoms. The SMILES string of the molecule is CC(C)(C)OC(=O)N[C@@H](Cc1c[nH]c2ccccc12)C(=O)NCCCCCCO. The van der Waals surface area contributed by atoms with Crippen molar-refractivity contribution in [1.82, 2.24) is 15.6 Å². The van der Waals surface area contributed by atoms with Crippen LogP contribution in [0.5, 0.6) is 0 Å². The maximum absolute atomic E-state index is 12.8. The lowest BCUT2D eigenvalue weighted by Crippen LogP contribution is -2.49. The summed E-state index contributed by atoms with van der Waals surface area (Å²) in [5.74, 6) is -0.233. The van der Waals surface area contributed by atoms with E-state index in [1.165, 1.54) is 0 Å². The number of nitrogens with one attached hydrogen (secondary N) is 3. The van der Waals surface area contributed by atoms with Crippen molar-refractivity contribution in [2.75, 3.05) is 13.2 Å². The fourth-order valence-corrected chi connectivity index (χ4v) is 3.10. The number of aromatic nitrogens is 1. The molecule has 0 unspecified atom stereocenters. The molecule has 0 bridgehead atoms. The normalized spacial score (nSPS) is 12.6. The van der Waals surface area contributed by atoms with Gasteiger partial charge in [-0.1, -0.05) is 31.0 Å². The summed E-state index contributed by atoms with van der Waals surface area (Å²) in [7, 11) is 0. The summed E-state index contributed by atoms with van der Waals surface area (Å²) in [5.41, 5.74) is 1.31. The lowest BCUT2D eigenvalue weighted by Gasteiger charge is -2.23. The van der Waals surface area contributed by atoms with Gasteiger partial charge in [0, 0.05) is 36.7 Å². The number of H-pyrrole nitrogens is 1. The Hall–Kier alpha value is -2.54. The van der Waals surface area contributed by atoms with Crippen molar-refractivity contribution in [2.24, 2.45) is 0 Å². The number of carbonyl (C=O) groups excluding carboxylic acids is 2. The van der Waals surface area contributed by atoms with Crippen molar-refractivity contribution in [3.05, 3.63) is 36.0 Å². The first-order valence-electron chi connectivity index (χ1n) is 10.2. The van der Waals surface area contributed by atoms with Gasteiger partial charge in [0.2, 0.25) is 5.91 Å². The van der Waals surface area contributed by atoms with E-state index in [0.29, 0.717) is 13.0 Å². The highest BCUT2D eigenvalue weighted by Crippen LogP contribution is 2.19. The van der Waals surface area contributed by atoms with Gasteiger partial charge in [0.25, 0.3) is 0 Å². The van der Waals surface area contributed by atoms with E-state index in [4.69, 9.17) is 9.84 Å². The number of carbonyl (C=O) groups is 2. The number of aromatic amines is 1. The lowest BCUT2D eigenvalue weighted by atomic mass is 10.0. The number of alkyl carbamates (subject to hydrolysis) is 1. The van der Waals surface area contributed by atoms with Gasteiger partial charge >= 0.3 is 6.09 Å². The van der Waals surface area contributed by atoms with Gasteiger partial charge in [-0.05, 0) is 45.2 Å². The van der Waals surface area contributed by atoms with Crippen LogP contribution in [0.1, 0.15) is 52.0 Å². The largest absolute Gasteiger partial charge is 0.444 e. The molecule has 0 aliphatic carbocycles. The molecule has 1 heterocycles. The van der Waals surface area contributed by atoms with Crippen LogP contribution in [0.2, 0.25) is 0 Å². The molecule has 1 aromatic carbocycles. The van der Waals surface area contributed by atoms with E-state index < -0.39 is 17.7 Å². The number of para-hydroxylation sites is 1. The number of hydrogen-bond acceptors (Lipinski definition) is 4. The zero-order valence-corrected chi connectivity index (χ0v) is 17.6. The Bertz CT molecular complexity index is 795. The van der Waals surface area contributed by atoms with Crippen LogP contribution < -0.4 is 10.6 Å². The molecular formula is C22H33N3O4. The van der Waals surface area contributed by atoms with Gasteiger partial charge in [0.1, 0.15) is 11.6 Å². The summed E-state index contributed by atoms with van der Waals surface area (Å²) < 4.78 is 5.33. The van der Waals surface area contributed by atoms with Gasteiger partial charge < -0.3 is 25.5 Å². The van der Waals surface area contributed by atoms with Crippen molar-refractivity contribution >= 4 is 22.9 Å². The topological polar surface area (TPSA) is 103 Å². The fourth-order valence-electron chi connectivity index (χ4n) is 3.10. The summed E-state index contributed by atoms with van der Waals surface area (Å²) in [6.07, 6.45) is 5.10. The number of aliphatic hydroxyl groups excluding tert-OH is 1. The van der Waals surface area contributed by atoms with Crippen molar-refractivity contribution in [1.29, 1.82) is 0 Å². The number of unbranched alkanes of at least 4 members (excludes halogenated alkanes) is 3. The van der Waals surface area contributed by atoms with Gasteiger partial charge in [0.15, 0.2) is 0 Å². The highest BCUT2D eigenvalue weighted by Gasteiger charge is 2.25. The van der Waals surface area contributed by atoms with E-state index in [9.17, 15) is 9.59 Å². The molecule has 4 N–H and O–H groups in total. The lowest BCUT2D eigenvalue weighted by molar-refractivity contribution is -0.123. The molecule has 1 aromatic heterocycles. The molecule has 0 spiro atoms. The van der Waals surface area contributed by atoms with E-state index in [0.717, 1.165) is 42.1 Å². The summed E-state index contributed by atoms with van der Waals surface area (Å²) in [5, 5.41) is 15.5. The van der Waals surface area contributed by atoms with E-state index in [1.807, 2.05) is 30.5 Å². The second-order valence-corrected chi connectivity index (χ2v) is 8.19. The molecule has 160 valence electrons. The van der Waals surface area contributed by atoms with Crippen LogP contribution in [0, 0.1) is 0 Å². The third-order valence-electron chi connectivity index (χ3n) is 4.49. The molecule has 0 aliphatic rings. The molecule has 2 amide bonds. The minimum atomic E-state index is -0.735. The van der Waals surface area contributed by atoms with Crippen LogP contribution in [0.25, 0.3) is 10.9 Å². The van der Waals surface area contributed by atoms with Crippen LogP contribution in [-0.2, 0) is 16.0 Å². The van der Waals surface area contributed by atoms with E-state index in [1.54, 1.807) is 20.8 Å². The highest BCUT2D eigenvalue weighted by atomic mass is 16.6. The second-order valence-electron chi connectivity index (χ2n) is 8.19. The predicted octanol–water partition coefficient (Wildman–Crippen LogP) is 3.27. The molecule has 7 nitrogen and oxygen atoms in total. The molecule has 1 atom stereocenters. The van der Waals surface area contributed by atoms with Gasteiger partial charge in [-0.25, -0.2) is 4.79 Å². The van der Waals surface area contributed by atoms with Gasteiger partial charge in [0.05, 0.1) is 0 Å². The molecule has 0 saturated heterocycles. The quantitative estimate of drug-likeness (QED) is 0.457. The molecule has 0 radical (unpaired) electrons.